The normalized spacial score (nSPS) is 21.3. The van der Waals surface area contributed by atoms with Crippen molar-refractivity contribution in [1.82, 2.24) is 0 Å². The highest BCUT2D eigenvalue weighted by atomic mass is 16.7. The molecule has 0 radical (unpaired) electrons. The van der Waals surface area contributed by atoms with Gasteiger partial charge in [-0.05, 0) is 12.1 Å². The van der Waals surface area contributed by atoms with Gasteiger partial charge < -0.3 is 89.4 Å². The molecule has 4 aromatic carbocycles. The number of rotatable bonds is 0. The molecular formula is C34H22O22. The fourth-order valence-electron chi connectivity index (χ4n) is 7.00. The lowest BCUT2D eigenvalue weighted by Crippen LogP contribution is -2.60. The molecule has 290 valence electrons. The van der Waals surface area contributed by atoms with Crippen molar-refractivity contribution in [3.05, 3.63) is 44.1 Å². The highest BCUT2D eigenvalue weighted by Gasteiger charge is 2.48. The number of aliphatic hydroxyl groups excluding tert-OH is 3. The number of hydrogen-bond acceptors (Lipinski definition) is 22. The summed E-state index contributed by atoms with van der Waals surface area (Å²) in [5.74, 6) is -17.2. The van der Waals surface area contributed by atoms with Gasteiger partial charge in [-0.3, -0.25) is 0 Å². The first-order chi connectivity index (χ1) is 26.4. The molecule has 0 amide bonds. The Hall–Kier alpha value is -7.40. The summed E-state index contributed by atoms with van der Waals surface area (Å²) in [7, 11) is 0. The maximum Gasteiger partial charge on any atom is 0.345 e. The fourth-order valence-corrected chi connectivity index (χ4v) is 7.00. The minimum absolute atomic E-state index is 0.424. The van der Waals surface area contributed by atoms with Crippen LogP contribution < -0.4 is 11.3 Å². The number of phenolic OH excluding ortho intramolecular Hbond substituents is 10. The highest BCUT2D eigenvalue weighted by molar-refractivity contribution is 6.29. The van der Waals surface area contributed by atoms with E-state index in [2.05, 4.69) is 0 Å². The summed E-state index contributed by atoms with van der Waals surface area (Å²) < 4.78 is 26.3. The Kier molecular flexibility index (Phi) is 7.50. The van der Waals surface area contributed by atoms with Crippen LogP contribution in [0.15, 0.2) is 30.6 Å². The third-order valence-corrected chi connectivity index (χ3v) is 9.58. The number of hydrogen-bond donors (Lipinski definition) is 13. The first-order valence-electron chi connectivity index (χ1n) is 15.7. The lowest BCUT2D eigenvalue weighted by molar-refractivity contribution is -0.285. The lowest BCUT2D eigenvalue weighted by Gasteiger charge is -2.40. The van der Waals surface area contributed by atoms with Crippen LogP contribution in [0, 0.1) is 0 Å². The molecule has 5 atom stereocenters. The number of carbonyl (C=O) groups is 2. The molecule has 0 spiro atoms. The topological polar surface area (TPSA) is 385 Å². The number of aromatic hydroxyl groups is 10. The Labute approximate surface area is 304 Å². The molecule has 13 N–H and O–H groups in total. The van der Waals surface area contributed by atoms with Gasteiger partial charge in [0.15, 0.2) is 58.1 Å². The van der Waals surface area contributed by atoms with Crippen LogP contribution in [-0.4, -0.2) is 116 Å². The van der Waals surface area contributed by atoms with Crippen LogP contribution >= 0.6 is 0 Å². The standard InChI is InChI=1S/C34H22O22/c35-6-1-4-9(19(39)17(6)37)11-15-13-14-16(33(50)56-28(13)23(43)21(11)41)12(22(42)24(44)29(14)55-32(15)49)10-5(2-7(36)18(38)20(10)40)31(48)54-27-8(3-52-30(4)47)53-34(51)26(46)25(27)45/h1-2,8,25-27,34-46,51H,3H2/t8?,25-,26?,27-,34?/m1/s1. The molecule has 0 aliphatic carbocycles. The number of carbonyl (C=O) groups excluding carboxylic acids is 2. The maximum absolute atomic E-state index is 14.0. The largest absolute Gasteiger partial charge is 0.504 e. The predicted octanol–water partition coefficient (Wildman–Crippen LogP) is 0.0152. The van der Waals surface area contributed by atoms with Crippen LogP contribution in [-0.2, 0) is 14.2 Å². The zero-order valence-electron chi connectivity index (χ0n) is 27.2. The predicted molar refractivity (Wildman–Crippen MR) is 177 cm³/mol. The van der Waals surface area contributed by atoms with Crippen molar-refractivity contribution in [2.75, 3.05) is 6.61 Å². The van der Waals surface area contributed by atoms with Gasteiger partial charge in [0, 0.05) is 33.0 Å². The highest BCUT2D eigenvalue weighted by Crippen LogP contribution is 2.58. The number of esters is 2. The second kappa shape index (κ2) is 11.8. The summed E-state index contributed by atoms with van der Waals surface area (Å²) in [4.78, 5) is 55.4. The van der Waals surface area contributed by atoms with Gasteiger partial charge in [-0.2, -0.15) is 0 Å². The van der Waals surface area contributed by atoms with Crippen LogP contribution in [0.4, 0.5) is 0 Å². The molecule has 8 rings (SSSR count). The molecule has 2 aliphatic heterocycles. The fraction of sp³-hybridized carbons (Fsp3) is 0.176. The van der Waals surface area contributed by atoms with Gasteiger partial charge in [0.25, 0.3) is 0 Å². The molecule has 3 unspecified atom stereocenters. The van der Waals surface area contributed by atoms with Crippen molar-refractivity contribution < 1.29 is 99.0 Å². The molecule has 56 heavy (non-hydrogen) atoms. The maximum atomic E-state index is 14.0. The monoisotopic (exact) mass is 782 g/mol. The molecular weight excluding hydrogens is 760 g/mol. The number of phenols is 10. The van der Waals surface area contributed by atoms with Gasteiger partial charge >= 0.3 is 23.2 Å². The molecule has 2 aliphatic rings. The van der Waals surface area contributed by atoms with Gasteiger partial charge in [0.05, 0.1) is 21.9 Å². The van der Waals surface area contributed by atoms with Crippen LogP contribution in [0.2, 0.25) is 0 Å². The molecule has 1 saturated heterocycles. The Morgan fingerprint density at radius 3 is 1.39 bits per heavy atom. The van der Waals surface area contributed by atoms with Crippen LogP contribution in [0.1, 0.15) is 20.7 Å². The molecule has 1 fully saturated rings. The van der Waals surface area contributed by atoms with E-state index in [1.807, 2.05) is 0 Å². The molecule has 4 heterocycles. The van der Waals surface area contributed by atoms with Crippen LogP contribution in [0.5, 0.6) is 57.5 Å². The van der Waals surface area contributed by atoms with Crippen LogP contribution in [0.25, 0.3) is 55.0 Å². The van der Waals surface area contributed by atoms with Crippen molar-refractivity contribution in [3.63, 3.8) is 0 Å². The summed E-state index contributed by atoms with van der Waals surface area (Å²) in [6.07, 6.45) is -10.9. The summed E-state index contributed by atoms with van der Waals surface area (Å²) in [6.45, 7) is -1.15. The van der Waals surface area contributed by atoms with E-state index < -0.39 is 184 Å². The minimum Gasteiger partial charge on any atom is -0.504 e. The molecule has 2 aromatic heterocycles. The summed E-state index contributed by atoms with van der Waals surface area (Å²) in [5, 5.41) is 137. The van der Waals surface area contributed by atoms with Gasteiger partial charge in [0.1, 0.15) is 24.9 Å². The molecule has 6 bridgehead atoms. The van der Waals surface area contributed by atoms with E-state index in [1.165, 1.54) is 0 Å². The average molecular weight is 783 g/mol. The SMILES string of the molecule is O=C1OCC2OC(O)C(O)[C@@H](O)[C@@H]2OC(=O)c2cc(O)c(O)c(O)c2-c2c(O)c(O)c3oc(=O)c4c(c(O)c(O)c5oc(=O)c2c3c54)-c2c1cc(O)c(O)c2O. The number of benzene rings is 4. The quantitative estimate of drug-likeness (QED) is 0.0418. The number of ether oxygens (including phenoxy) is 3. The van der Waals surface area contributed by atoms with Crippen molar-refractivity contribution in [1.29, 1.82) is 0 Å². The van der Waals surface area contributed by atoms with E-state index in [4.69, 9.17) is 23.0 Å². The second-order valence-corrected chi connectivity index (χ2v) is 12.6. The first-order valence-corrected chi connectivity index (χ1v) is 15.7. The van der Waals surface area contributed by atoms with Crippen molar-refractivity contribution in [3.8, 4) is 79.7 Å². The average Bonchev–Trinajstić information content (AvgIpc) is 3.15. The molecule has 22 nitrogen and oxygen atoms in total. The lowest BCUT2D eigenvalue weighted by atomic mass is 9.88. The smallest absolute Gasteiger partial charge is 0.345 e. The van der Waals surface area contributed by atoms with E-state index in [-0.39, 0.29) is 0 Å². The Morgan fingerprint density at radius 1 is 0.500 bits per heavy atom. The van der Waals surface area contributed by atoms with Crippen molar-refractivity contribution in [2.45, 2.75) is 30.7 Å². The van der Waals surface area contributed by atoms with Gasteiger partial charge in [-0.15, -0.1) is 0 Å². The summed E-state index contributed by atoms with van der Waals surface area (Å²) in [5.41, 5.74) is -11.8. The summed E-state index contributed by atoms with van der Waals surface area (Å²) >= 11 is 0. The Balaban J connectivity index is 1.62. The van der Waals surface area contributed by atoms with E-state index in [0.717, 1.165) is 0 Å². The summed E-state index contributed by atoms with van der Waals surface area (Å²) in [6, 6.07) is 0.887. The van der Waals surface area contributed by atoms with Gasteiger partial charge in [-0.25, -0.2) is 19.2 Å². The molecule has 6 aromatic rings. The van der Waals surface area contributed by atoms with E-state index >= 15 is 0 Å². The van der Waals surface area contributed by atoms with Gasteiger partial charge in [-0.1, -0.05) is 0 Å². The third-order valence-electron chi connectivity index (χ3n) is 9.58. The van der Waals surface area contributed by atoms with E-state index in [1.54, 1.807) is 0 Å². The number of fused-ring (bicyclic) bond motifs is 5. The number of aliphatic hydroxyl groups is 3. The van der Waals surface area contributed by atoms with Crippen LogP contribution in [0.3, 0.4) is 0 Å². The number of cyclic esters (lactones) is 1. The third kappa shape index (κ3) is 4.57. The Bertz CT molecular complexity index is 2870. The van der Waals surface area contributed by atoms with E-state index in [9.17, 15) is 85.6 Å². The molecule has 0 saturated carbocycles. The van der Waals surface area contributed by atoms with Crippen molar-refractivity contribution in [2.24, 2.45) is 0 Å². The van der Waals surface area contributed by atoms with Gasteiger partial charge in [0.2, 0.25) is 23.0 Å². The Morgan fingerprint density at radius 2 is 0.929 bits per heavy atom. The van der Waals surface area contributed by atoms with Crippen molar-refractivity contribution >= 4 is 44.6 Å². The minimum atomic E-state index is -2.28. The zero-order valence-corrected chi connectivity index (χ0v) is 27.2. The molecule has 22 heteroatoms. The second-order valence-electron chi connectivity index (χ2n) is 12.6. The first kappa shape index (κ1) is 35.6. The van der Waals surface area contributed by atoms with E-state index in [0.29, 0.717) is 12.1 Å². The zero-order chi connectivity index (χ0) is 40.6.